The number of nitriles is 1. The second kappa shape index (κ2) is 3.40. The van der Waals surface area contributed by atoms with Gasteiger partial charge >= 0.3 is 0 Å². The minimum Gasteiger partial charge on any atom is -0.192 e. The summed E-state index contributed by atoms with van der Waals surface area (Å²) in [4.78, 5) is 0. The Morgan fingerprint density at radius 1 is 1.25 bits per heavy atom. The van der Waals surface area contributed by atoms with Gasteiger partial charge in [0.2, 0.25) is 0 Å². The minimum absolute atomic E-state index is 0.742. The van der Waals surface area contributed by atoms with Gasteiger partial charge in [-0.25, -0.2) is 0 Å². The maximum atomic E-state index is 8.71. The lowest BCUT2D eigenvalue weighted by Gasteiger charge is -2.05. The fraction of sp³-hybridized carbons (Fsp3) is 0.273. The Balaban J connectivity index is 3.17. The molecule has 1 nitrogen and oxygen atoms in total. The van der Waals surface area contributed by atoms with Gasteiger partial charge in [-0.2, -0.15) is 5.26 Å². The van der Waals surface area contributed by atoms with Gasteiger partial charge < -0.3 is 0 Å². The van der Waals surface area contributed by atoms with E-state index >= 15 is 0 Å². The quantitative estimate of drug-likeness (QED) is 0.616. The van der Waals surface area contributed by atoms with E-state index in [1.54, 1.807) is 0 Å². The first-order valence-corrected chi connectivity index (χ1v) is 3.96. The molecule has 0 aliphatic carbocycles. The predicted octanol–water partition coefficient (Wildman–Crippen LogP) is 2.83. The van der Waals surface area contributed by atoms with Crippen LogP contribution < -0.4 is 0 Å². The first-order valence-electron chi connectivity index (χ1n) is 3.96. The Kier molecular flexibility index (Phi) is 2.50. The zero-order chi connectivity index (χ0) is 9.14. The molecular formula is C11H12N. The van der Waals surface area contributed by atoms with Gasteiger partial charge in [-0.1, -0.05) is 19.9 Å². The normalized spacial score (nSPS) is 9.92. The topological polar surface area (TPSA) is 23.8 Å². The summed E-state index contributed by atoms with van der Waals surface area (Å²) in [6.07, 6.45) is 0. The third kappa shape index (κ3) is 1.85. The summed E-state index contributed by atoms with van der Waals surface area (Å²) in [7, 11) is 0. The molecule has 0 saturated heterocycles. The second-order valence-corrected chi connectivity index (χ2v) is 3.20. The average Bonchev–Trinajstić information content (AvgIpc) is 2.03. The van der Waals surface area contributed by atoms with E-state index in [-0.39, 0.29) is 0 Å². The van der Waals surface area contributed by atoms with E-state index in [2.05, 4.69) is 26.0 Å². The molecule has 1 aromatic rings. The minimum atomic E-state index is 0.742. The average molecular weight is 158 g/mol. The molecule has 1 heteroatoms. The fourth-order valence-corrected chi connectivity index (χ4v) is 1.14. The molecule has 0 bridgehead atoms. The van der Waals surface area contributed by atoms with Gasteiger partial charge in [-0.15, -0.1) is 0 Å². The molecule has 0 saturated carbocycles. The molecule has 0 atom stereocenters. The highest BCUT2D eigenvalue weighted by molar-refractivity contribution is 5.41. The maximum Gasteiger partial charge on any atom is 0.0991 e. The highest BCUT2D eigenvalue weighted by Crippen LogP contribution is 2.16. The molecule has 0 fully saturated rings. The van der Waals surface area contributed by atoms with Crippen molar-refractivity contribution in [2.24, 2.45) is 0 Å². The molecule has 61 valence electrons. The third-order valence-corrected chi connectivity index (χ3v) is 1.78. The summed E-state index contributed by atoms with van der Waals surface area (Å²) in [5.41, 5.74) is 3.04. The van der Waals surface area contributed by atoms with Crippen LogP contribution in [0.15, 0.2) is 18.2 Å². The van der Waals surface area contributed by atoms with Crippen LogP contribution in [0, 0.1) is 24.2 Å². The van der Waals surface area contributed by atoms with Gasteiger partial charge in [-0.3, -0.25) is 0 Å². The van der Waals surface area contributed by atoms with Crippen molar-refractivity contribution in [1.82, 2.24) is 0 Å². The molecule has 0 aliphatic heterocycles. The van der Waals surface area contributed by atoms with Crippen molar-refractivity contribution in [3.05, 3.63) is 40.8 Å². The van der Waals surface area contributed by atoms with Crippen LogP contribution in [-0.4, -0.2) is 0 Å². The van der Waals surface area contributed by atoms with Gasteiger partial charge in [0.25, 0.3) is 0 Å². The van der Waals surface area contributed by atoms with Gasteiger partial charge in [0.05, 0.1) is 11.6 Å². The molecule has 0 spiro atoms. The monoisotopic (exact) mass is 158 g/mol. The Bertz CT molecular complexity index is 318. The zero-order valence-corrected chi connectivity index (χ0v) is 7.68. The SMILES string of the molecule is C[C](C)c1cc(C)cc(C#N)c1. The van der Waals surface area contributed by atoms with Crippen molar-refractivity contribution in [1.29, 1.82) is 5.26 Å². The van der Waals surface area contributed by atoms with Crippen LogP contribution in [0.2, 0.25) is 0 Å². The number of rotatable bonds is 1. The van der Waals surface area contributed by atoms with Crippen molar-refractivity contribution in [2.75, 3.05) is 0 Å². The molecule has 1 radical (unpaired) electrons. The summed E-state index contributed by atoms with van der Waals surface area (Å²) < 4.78 is 0. The van der Waals surface area contributed by atoms with Crippen molar-refractivity contribution < 1.29 is 0 Å². The first kappa shape index (κ1) is 8.80. The number of hydrogen-bond acceptors (Lipinski definition) is 1. The summed E-state index contributed by atoms with van der Waals surface area (Å²) in [6, 6.07) is 8.06. The lowest BCUT2D eigenvalue weighted by atomic mass is 9.99. The van der Waals surface area contributed by atoms with Crippen LogP contribution >= 0.6 is 0 Å². The summed E-state index contributed by atoms with van der Waals surface area (Å²) in [5.74, 6) is 1.25. The van der Waals surface area contributed by atoms with Crippen LogP contribution in [0.25, 0.3) is 0 Å². The Hall–Kier alpha value is -1.29. The van der Waals surface area contributed by atoms with E-state index in [4.69, 9.17) is 5.26 Å². The van der Waals surface area contributed by atoms with E-state index in [0.29, 0.717) is 0 Å². The van der Waals surface area contributed by atoms with Crippen LogP contribution in [0.3, 0.4) is 0 Å². The van der Waals surface area contributed by atoms with Crippen LogP contribution in [-0.2, 0) is 0 Å². The highest BCUT2D eigenvalue weighted by Gasteiger charge is 2.01. The van der Waals surface area contributed by atoms with E-state index in [9.17, 15) is 0 Å². The summed E-state index contributed by atoms with van der Waals surface area (Å²) in [5, 5.41) is 8.71. The second-order valence-electron chi connectivity index (χ2n) is 3.20. The smallest absolute Gasteiger partial charge is 0.0991 e. The third-order valence-electron chi connectivity index (χ3n) is 1.78. The van der Waals surface area contributed by atoms with Crippen LogP contribution in [0.4, 0.5) is 0 Å². The largest absolute Gasteiger partial charge is 0.192 e. The molecule has 0 amide bonds. The van der Waals surface area contributed by atoms with E-state index in [1.807, 2.05) is 19.1 Å². The molecule has 0 aliphatic rings. The number of nitrogens with zero attached hydrogens (tertiary/aromatic N) is 1. The van der Waals surface area contributed by atoms with Gasteiger partial charge in [0, 0.05) is 0 Å². The van der Waals surface area contributed by atoms with Crippen molar-refractivity contribution in [2.45, 2.75) is 20.8 Å². The van der Waals surface area contributed by atoms with Crippen LogP contribution in [0.5, 0.6) is 0 Å². The van der Waals surface area contributed by atoms with E-state index in [1.165, 1.54) is 5.92 Å². The molecule has 0 heterocycles. The van der Waals surface area contributed by atoms with E-state index in [0.717, 1.165) is 16.7 Å². The van der Waals surface area contributed by atoms with Crippen molar-refractivity contribution in [3.63, 3.8) is 0 Å². The standard InChI is InChI=1S/C11H12N/c1-8(2)11-5-9(3)4-10(6-11)7-12/h4-6H,1-3H3. The zero-order valence-electron chi connectivity index (χ0n) is 7.68. The van der Waals surface area contributed by atoms with E-state index < -0.39 is 0 Å². The molecule has 0 unspecified atom stereocenters. The lowest BCUT2D eigenvalue weighted by molar-refractivity contribution is 1.14. The van der Waals surface area contributed by atoms with Crippen molar-refractivity contribution >= 4 is 0 Å². The molecule has 12 heavy (non-hydrogen) atoms. The number of aryl methyl sites for hydroxylation is 1. The number of benzene rings is 1. The first-order chi connectivity index (χ1) is 5.63. The predicted molar refractivity (Wildman–Crippen MR) is 49.6 cm³/mol. The number of hydrogen-bond donors (Lipinski definition) is 0. The fourth-order valence-electron chi connectivity index (χ4n) is 1.14. The molecule has 1 aromatic carbocycles. The molecular weight excluding hydrogens is 146 g/mol. The highest BCUT2D eigenvalue weighted by atomic mass is 14.2. The summed E-state index contributed by atoms with van der Waals surface area (Å²) >= 11 is 0. The van der Waals surface area contributed by atoms with Crippen LogP contribution in [0.1, 0.15) is 30.5 Å². The Morgan fingerprint density at radius 2 is 1.92 bits per heavy atom. The Labute approximate surface area is 73.6 Å². The van der Waals surface area contributed by atoms with Gasteiger partial charge in [0.15, 0.2) is 0 Å². The molecule has 0 N–H and O–H groups in total. The lowest BCUT2D eigenvalue weighted by Crippen LogP contribution is -1.90. The van der Waals surface area contributed by atoms with Crippen molar-refractivity contribution in [3.8, 4) is 6.07 Å². The van der Waals surface area contributed by atoms with Gasteiger partial charge in [0.1, 0.15) is 0 Å². The summed E-state index contributed by atoms with van der Waals surface area (Å²) in [6.45, 7) is 6.11. The maximum absolute atomic E-state index is 8.71. The Morgan fingerprint density at radius 3 is 2.42 bits per heavy atom. The van der Waals surface area contributed by atoms with Gasteiger partial charge in [-0.05, 0) is 36.1 Å². The molecule has 0 aromatic heterocycles. The molecule has 1 rings (SSSR count).